The minimum absolute atomic E-state index is 0.884. The topological polar surface area (TPSA) is 36.4 Å². The predicted molar refractivity (Wildman–Crippen MR) is 118 cm³/mol. The lowest BCUT2D eigenvalue weighted by atomic mass is 10.0. The molecule has 0 unspecified atom stereocenters. The number of hydrogen-bond donors (Lipinski definition) is 2. The van der Waals surface area contributed by atoms with Crippen molar-refractivity contribution < 1.29 is 0 Å². The lowest BCUT2D eigenvalue weighted by Crippen LogP contribution is -2.35. The Morgan fingerprint density at radius 3 is 1.96 bits per heavy atom. The third kappa shape index (κ3) is 5.23. The monoisotopic (exact) mass is 369 g/mol. The van der Waals surface area contributed by atoms with Crippen LogP contribution < -0.4 is 10.6 Å². The van der Waals surface area contributed by atoms with Crippen molar-refractivity contribution in [2.45, 2.75) is 25.7 Å². The van der Waals surface area contributed by atoms with E-state index in [0.717, 1.165) is 50.4 Å². The van der Waals surface area contributed by atoms with Gasteiger partial charge in [0.25, 0.3) is 0 Å². The van der Waals surface area contributed by atoms with Gasteiger partial charge in [-0.3, -0.25) is 4.99 Å². The maximum Gasteiger partial charge on any atom is 0.195 e. The van der Waals surface area contributed by atoms with Crippen molar-refractivity contribution in [1.82, 2.24) is 5.32 Å². The van der Waals surface area contributed by atoms with E-state index in [0.29, 0.717) is 0 Å². The molecule has 3 nitrogen and oxygen atoms in total. The zero-order valence-corrected chi connectivity index (χ0v) is 16.2. The van der Waals surface area contributed by atoms with Crippen molar-refractivity contribution in [3.05, 3.63) is 101 Å². The minimum atomic E-state index is 0.884. The van der Waals surface area contributed by atoms with Crippen LogP contribution >= 0.6 is 0 Å². The number of nitrogens with one attached hydrogen (secondary N) is 2. The van der Waals surface area contributed by atoms with Crippen LogP contribution in [-0.2, 0) is 19.3 Å². The molecule has 0 aromatic heterocycles. The maximum atomic E-state index is 4.45. The van der Waals surface area contributed by atoms with Crippen LogP contribution in [0, 0.1) is 0 Å². The van der Waals surface area contributed by atoms with Crippen molar-refractivity contribution in [3.63, 3.8) is 0 Å². The molecule has 2 N–H and O–H groups in total. The molecular formula is C25H27N3. The van der Waals surface area contributed by atoms with Gasteiger partial charge in [-0.25, -0.2) is 0 Å². The summed E-state index contributed by atoms with van der Waals surface area (Å²) in [5, 5.41) is 6.63. The number of nitrogens with zero attached hydrogens (tertiary/aromatic N) is 1. The van der Waals surface area contributed by atoms with Gasteiger partial charge in [0.1, 0.15) is 0 Å². The summed E-state index contributed by atoms with van der Waals surface area (Å²) in [6, 6.07) is 28.4. The van der Waals surface area contributed by atoms with Gasteiger partial charge >= 0.3 is 0 Å². The minimum Gasteiger partial charge on any atom is -0.356 e. The van der Waals surface area contributed by atoms with Gasteiger partial charge in [0, 0.05) is 18.8 Å². The molecule has 1 aliphatic heterocycles. The first-order valence-electron chi connectivity index (χ1n) is 10.1. The summed E-state index contributed by atoms with van der Waals surface area (Å²) in [7, 11) is 0. The Labute approximate surface area is 167 Å². The highest BCUT2D eigenvalue weighted by atomic mass is 15.2. The van der Waals surface area contributed by atoms with E-state index in [4.69, 9.17) is 0 Å². The third-order valence-electron chi connectivity index (χ3n) is 5.09. The molecule has 1 aliphatic rings. The Balaban J connectivity index is 1.28. The van der Waals surface area contributed by atoms with Crippen molar-refractivity contribution in [2.24, 2.45) is 4.99 Å². The summed E-state index contributed by atoms with van der Waals surface area (Å²) in [5.41, 5.74) is 6.56. The fourth-order valence-electron chi connectivity index (χ4n) is 3.45. The maximum absolute atomic E-state index is 4.45. The molecule has 0 atom stereocenters. The van der Waals surface area contributed by atoms with Crippen LogP contribution in [0.5, 0.6) is 0 Å². The Bertz CT molecular complexity index is 897. The fraction of sp³-hybridized carbons (Fsp3) is 0.240. The Morgan fingerprint density at radius 2 is 1.32 bits per heavy atom. The average molecular weight is 370 g/mol. The Morgan fingerprint density at radius 1 is 0.714 bits per heavy atom. The SMILES string of the molecule is c1ccc(Cc2ccc(CCc3ccc(NC4=NCCCN4)cc3)cc2)cc1. The second-order valence-electron chi connectivity index (χ2n) is 7.31. The van der Waals surface area contributed by atoms with E-state index in [1.165, 1.54) is 22.3 Å². The van der Waals surface area contributed by atoms with Crippen molar-refractivity contribution in [2.75, 3.05) is 18.4 Å². The highest BCUT2D eigenvalue weighted by Crippen LogP contribution is 2.15. The number of aliphatic imine (C=N–C) groups is 1. The molecular weight excluding hydrogens is 342 g/mol. The molecule has 0 fully saturated rings. The van der Waals surface area contributed by atoms with E-state index >= 15 is 0 Å². The second kappa shape index (κ2) is 9.23. The van der Waals surface area contributed by atoms with Crippen molar-refractivity contribution in [3.8, 4) is 0 Å². The van der Waals surface area contributed by atoms with Gasteiger partial charge in [0.05, 0.1) is 0 Å². The smallest absolute Gasteiger partial charge is 0.195 e. The van der Waals surface area contributed by atoms with Crippen molar-refractivity contribution >= 4 is 11.6 Å². The van der Waals surface area contributed by atoms with Gasteiger partial charge < -0.3 is 10.6 Å². The van der Waals surface area contributed by atoms with E-state index in [1.54, 1.807) is 0 Å². The molecule has 0 aliphatic carbocycles. The summed E-state index contributed by atoms with van der Waals surface area (Å²) in [5.74, 6) is 0.884. The lowest BCUT2D eigenvalue weighted by Gasteiger charge is -2.16. The van der Waals surface area contributed by atoms with Crippen molar-refractivity contribution in [1.29, 1.82) is 0 Å². The first-order valence-corrected chi connectivity index (χ1v) is 10.1. The summed E-state index contributed by atoms with van der Waals surface area (Å²) in [4.78, 5) is 4.45. The van der Waals surface area contributed by atoms with E-state index in [1.807, 2.05) is 0 Å². The predicted octanol–water partition coefficient (Wildman–Crippen LogP) is 4.82. The molecule has 0 amide bonds. The molecule has 28 heavy (non-hydrogen) atoms. The molecule has 1 heterocycles. The van der Waals surface area contributed by atoms with Crippen LogP contribution in [-0.4, -0.2) is 19.0 Å². The molecule has 3 heteroatoms. The average Bonchev–Trinajstić information content (AvgIpc) is 2.76. The van der Waals surface area contributed by atoms with Gasteiger partial charge in [0.15, 0.2) is 5.96 Å². The molecule has 0 radical (unpaired) electrons. The van der Waals surface area contributed by atoms with Crippen LogP contribution in [0.4, 0.5) is 5.69 Å². The van der Waals surface area contributed by atoms with Crippen LogP contribution in [0.15, 0.2) is 83.9 Å². The van der Waals surface area contributed by atoms with E-state index in [9.17, 15) is 0 Å². The van der Waals surface area contributed by atoms with E-state index < -0.39 is 0 Å². The molecule has 0 spiro atoms. The zero-order valence-electron chi connectivity index (χ0n) is 16.2. The van der Waals surface area contributed by atoms with Crippen LogP contribution in [0.3, 0.4) is 0 Å². The van der Waals surface area contributed by atoms with Gasteiger partial charge in [-0.2, -0.15) is 0 Å². The van der Waals surface area contributed by atoms with E-state index in [2.05, 4.69) is 94.5 Å². The van der Waals surface area contributed by atoms with Crippen LogP contribution in [0.25, 0.3) is 0 Å². The number of aryl methyl sites for hydroxylation is 2. The zero-order chi connectivity index (χ0) is 19.0. The van der Waals surface area contributed by atoms with Crippen LogP contribution in [0.2, 0.25) is 0 Å². The highest BCUT2D eigenvalue weighted by molar-refractivity contribution is 5.93. The lowest BCUT2D eigenvalue weighted by molar-refractivity contribution is 0.740. The summed E-state index contributed by atoms with van der Waals surface area (Å²) >= 11 is 0. The molecule has 0 saturated heterocycles. The number of guanidine groups is 1. The van der Waals surface area contributed by atoms with Gasteiger partial charge in [-0.05, 0) is 60.1 Å². The fourth-order valence-corrected chi connectivity index (χ4v) is 3.45. The summed E-state index contributed by atoms with van der Waals surface area (Å²) in [6.07, 6.45) is 4.22. The molecule has 0 bridgehead atoms. The van der Waals surface area contributed by atoms with Gasteiger partial charge in [-0.15, -0.1) is 0 Å². The first kappa shape index (κ1) is 18.3. The van der Waals surface area contributed by atoms with E-state index in [-0.39, 0.29) is 0 Å². The number of rotatable bonds is 6. The molecule has 4 rings (SSSR count). The number of benzene rings is 3. The Kier molecular flexibility index (Phi) is 6.03. The van der Waals surface area contributed by atoms with Gasteiger partial charge in [0.2, 0.25) is 0 Å². The Hall–Kier alpha value is -3.07. The molecule has 0 saturated carbocycles. The van der Waals surface area contributed by atoms with Gasteiger partial charge in [-0.1, -0.05) is 66.7 Å². The second-order valence-corrected chi connectivity index (χ2v) is 7.31. The standard InChI is InChI=1S/C25H27N3/c1-2-5-22(6-3-1)19-23-11-9-20(10-12-23)7-8-21-13-15-24(16-14-21)28-25-26-17-4-18-27-25/h1-3,5-6,9-16H,4,7-8,17-19H2,(H2,26,27,28). The number of anilines is 1. The molecule has 3 aromatic rings. The third-order valence-corrected chi connectivity index (χ3v) is 5.09. The summed E-state index contributed by atoms with van der Waals surface area (Å²) in [6.45, 7) is 1.89. The quantitative estimate of drug-likeness (QED) is 0.653. The molecule has 142 valence electrons. The number of hydrogen-bond acceptors (Lipinski definition) is 3. The van der Waals surface area contributed by atoms with Crippen LogP contribution in [0.1, 0.15) is 28.7 Å². The largest absolute Gasteiger partial charge is 0.356 e. The molecule has 3 aromatic carbocycles. The first-order chi connectivity index (χ1) is 13.8. The normalized spacial score (nSPS) is 13.5. The summed E-state index contributed by atoms with van der Waals surface area (Å²) < 4.78 is 0. The highest BCUT2D eigenvalue weighted by Gasteiger charge is 2.04.